The van der Waals surface area contributed by atoms with Crippen molar-refractivity contribution >= 4 is 5.91 Å². The zero-order chi connectivity index (χ0) is 13.7. The van der Waals surface area contributed by atoms with Crippen LogP contribution in [0.5, 0.6) is 0 Å². The topological polar surface area (TPSA) is 83.8 Å². The van der Waals surface area contributed by atoms with Gasteiger partial charge in [-0.3, -0.25) is 9.89 Å². The predicted octanol–water partition coefficient (Wildman–Crippen LogP) is 1.61. The molecular weight excluding hydrogens is 240 g/mol. The molecule has 1 amide bonds. The molecule has 5 heteroatoms. The Morgan fingerprint density at radius 1 is 1.53 bits per heavy atom. The van der Waals surface area contributed by atoms with Gasteiger partial charge in [0.05, 0.1) is 0 Å². The number of aromatic nitrogens is 2. The van der Waals surface area contributed by atoms with Crippen molar-refractivity contribution in [3.05, 3.63) is 17.5 Å². The number of carbonyl (C=O) groups excluding carboxylic acids is 1. The van der Waals surface area contributed by atoms with E-state index in [1.165, 1.54) is 32.1 Å². The predicted molar refractivity (Wildman–Crippen MR) is 74.8 cm³/mol. The molecule has 4 N–H and O–H groups in total. The zero-order valence-electron chi connectivity index (χ0n) is 11.6. The van der Waals surface area contributed by atoms with E-state index in [0.717, 1.165) is 12.1 Å². The van der Waals surface area contributed by atoms with Gasteiger partial charge in [-0.15, -0.1) is 0 Å². The molecule has 1 aliphatic carbocycles. The Morgan fingerprint density at radius 3 is 2.84 bits per heavy atom. The molecule has 106 valence electrons. The smallest absolute Gasteiger partial charge is 0.272 e. The van der Waals surface area contributed by atoms with Gasteiger partial charge in [0.25, 0.3) is 5.91 Å². The number of rotatable bonds is 5. The Balaban J connectivity index is 1.95. The molecule has 2 rings (SSSR count). The van der Waals surface area contributed by atoms with Crippen molar-refractivity contribution in [2.45, 2.75) is 51.5 Å². The molecule has 0 saturated heterocycles. The lowest BCUT2D eigenvalue weighted by molar-refractivity contribution is 0.0910. The second kappa shape index (κ2) is 6.70. The molecule has 1 aromatic rings. The number of hydrogen-bond acceptors (Lipinski definition) is 3. The van der Waals surface area contributed by atoms with Gasteiger partial charge in [-0.2, -0.15) is 5.10 Å². The average Bonchev–Trinajstić information content (AvgIpc) is 2.94. The number of aromatic amines is 1. The van der Waals surface area contributed by atoms with Gasteiger partial charge < -0.3 is 11.1 Å². The van der Waals surface area contributed by atoms with Crippen molar-refractivity contribution in [1.82, 2.24) is 15.5 Å². The van der Waals surface area contributed by atoms with Crippen molar-refractivity contribution in [2.24, 2.45) is 11.7 Å². The van der Waals surface area contributed by atoms with Gasteiger partial charge in [-0.1, -0.05) is 26.2 Å². The van der Waals surface area contributed by atoms with Gasteiger partial charge in [-0.05, 0) is 31.2 Å². The van der Waals surface area contributed by atoms with Gasteiger partial charge in [0.1, 0.15) is 5.69 Å². The Bertz CT molecular complexity index is 409. The van der Waals surface area contributed by atoms with Crippen LogP contribution in [0.3, 0.4) is 0 Å². The first-order chi connectivity index (χ1) is 9.24. The quantitative estimate of drug-likeness (QED) is 0.755. The molecule has 0 bridgehead atoms. The number of amides is 1. The Hall–Kier alpha value is -1.36. The third-order valence-electron chi connectivity index (χ3n) is 4.03. The highest BCUT2D eigenvalue weighted by Gasteiger charge is 2.24. The van der Waals surface area contributed by atoms with Crippen LogP contribution in [0.4, 0.5) is 0 Å². The van der Waals surface area contributed by atoms with Crippen LogP contribution in [-0.2, 0) is 6.42 Å². The minimum atomic E-state index is -0.114. The van der Waals surface area contributed by atoms with E-state index in [2.05, 4.69) is 15.5 Å². The van der Waals surface area contributed by atoms with Crippen LogP contribution in [0.1, 0.15) is 55.2 Å². The minimum Gasteiger partial charge on any atom is -0.346 e. The lowest BCUT2D eigenvalue weighted by Gasteiger charge is -2.29. The van der Waals surface area contributed by atoms with E-state index in [9.17, 15) is 4.79 Å². The fraction of sp³-hybridized carbons (Fsp3) is 0.714. The highest BCUT2D eigenvalue weighted by atomic mass is 16.2. The van der Waals surface area contributed by atoms with E-state index in [1.54, 1.807) is 0 Å². The molecule has 1 fully saturated rings. The van der Waals surface area contributed by atoms with Crippen molar-refractivity contribution < 1.29 is 4.79 Å². The maximum atomic E-state index is 12.1. The number of nitrogens with zero attached hydrogens (tertiary/aromatic N) is 1. The van der Waals surface area contributed by atoms with E-state index >= 15 is 0 Å². The second-order valence-electron chi connectivity index (χ2n) is 5.35. The number of nitrogens with one attached hydrogen (secondary N) is 2. The van der Waals surface area contributed by atoms with Crippen LogP contribution >= 0.6 is 0 Å². The van der Waals surface area contributed by atoms with E-state index in [1.807, 2.05) is 13.0 Å². The highest BCUT2D eigenvalue weighted by molar-refractivity contribution is 5.92. The first-order valence-electron chi connectivity index (χ1n) is 7.29. The van der Waals surface area contributed by atoms with E-state index in [-0.39, 0.29) is 11.9 Å². The monoisotopic (exact) mass is 264 g/mol. The van der Waals surface area contributed by atoms with E-state index in [4.69, 9.17) is 5.73 Å². The van der Waals surface area contributed by atoms with Crippen LogP contribution in [0.2, 0.25) is 0 Å². The largest absolute Gasteiger partial charge is 0.346 e. The lowest BCUT2D eigenvalue weighted by atomic mass is 9.84. The van der Waals surface area contributed by atoms with Crippen molar-refractivity contribution in [1.29, 1.82) is 0 Å². The number of carbonyl (C=O) groups is 1. The van der Waals surface area contributed by atoms with Gasteiger partial charge in [-0.25, -0.2) is 0 Å². The van der Waals surface area contributed by atoms with Crippen LogP contribution in [0, 0.1) is 5.92 Å². The number of aryl methyl sites for hydroxylation is 1. The van der Waals surface area contributed by atoms with Crippen LogP contribution in [-0.4, -0.2) is 28.7 Å². The van der Waals surface area contributed by atoms with Gasteiger partial charge in [0, 0.05) is 18.3 Å². The molecule has 0 spiro atoms. The Kier molecular flexibility index (Phi) is 4.96. The van der Waals surface area contributed by atoms with Crippen molar-refractivity contribution in [3.8, 4) is 0 Å². The summed E-state index contributed by atoms with van der Waals surface area (Å²) in [5.74, 6) is 0.407. The van der Waals surface area contributed by atoms with Crippen LogP contribution in [0.15, 0.2) is 6.07 Å². The summed E-state index contributed by atoms with van der Waals surface area (Å²) in [4.78, 5) is 12.1. The standard InChI is InChI=1S/C14H24N4O/c1-2-11-8-12(18-17-11)14(19)16-13(9-15)10-6-4-3-5-7-10/h8,10,13H,2-7,9,15H2,1H3,(H,16,19)(H,17,18). The summed E-state index contributed by atoms with van der Waals surface area (Å²) in [6, 6.07) is 1.89. The summed E-state index contributed by atoms with van der Waals surface area (Å²) in [6.45, 7) is 2.53. The second-order valence-corrected chi connectivity index (χ2v) is 5.35. The molecule has 0 aromatic carbocycles. The van der Waals surface area contributed by atoms with Gasteiger partial charge in [0.15, 0.2) is 0 Å². The summed E-state index contributed by atoms with van der Waals surface area (Å²) in [5.41, 5.74) is 7.26. The third-order valence-corrected chi connectivity index (χ3v) is 4.03. The zero-order valence-corrected chi connectivity index (χ0v) is 11.6. The summed E-state index contributed by atoms with van der Waals surface area (Å²) < 4.78 is 0. The number of nitrogens with two attached hydrogens (primary N) is 1. The first kappa shape index (κ1) is 14.1. The summed E-state index contributed by atoms with van der Waals surface area (Å²) in [7, 11) is 0. The Morgan fingerprint density at radius 2 is 2.26 bits per heavy atom. The summed E-state index contributed by atoms with van der Waals surface area (Å²) >= 11 is 0. The molecule has 1 unspecified atom stereocenters. The van der Waals surface area contributed by atoms with E-state index < -0.39 is 0 Å². The van der Waals surface area contributed by atoms with Crippen LogP contribution in [0.25, 0.3) is 0 Å². The fourth-order valence-electron chi connectivity index (χ4n) is 2.81. The molecule has 1 aromatic heterocycles. The number of H-pyrrole nitrogens is 1. The number of hydrogen-bond donors (Lipinski definition) is 3. The molecule has 1 aliphatic rings. The third kappa shape index (κ3) is 3.56. The molecule has 1 saturated carbocycles. The summed E-state index contributed by atoms with van der Waals surface area (Å²) in [5, 5.41) is 9.95. The maximum absolute atomic E-state index is 12.1. The average molecular weight is 264 g/mol. The van der Waals surface area contributed by atoms with Crippen molar-refractivity contribution in [2.75, 3.05) is 6.54 Å². The van der Waals surface area contributed by atoms with Crippen LogP contribution < -0.4 is 11.1 Å². The van der Waals surface area contributed by atoms with Gasteiger partial charge >= 0.3 is 0 Å². The maximum Gasteiger partial charge on any atom is 0.272 e. The van der Waals surface area contributed by atoms with Gasteiger partial charge in [0.2, 0.25) is 0 Å². The molecule has 19 heavy (non-hydrogen) atoms. The SMILES string of the molecule is CCc1cc(C(=O)NC(CN)C2CCCCC2)n[nH]1. The Labute approximate surface area is 114 Å². The molecule has 1 heterocycles. The molecule has 0 radical (unpaired) electrons. The molecule has 5 nitrogen and oxygen atoms in total. The van der Waals surface area contributed by atoms with Crippen molar-refractivity contribution in [3.63, 3.8) is 0 Å². The highest BCUT2D eigenvalue weighted by Crippen LogP contribution is 2.26. The van der Waals surface area contributed by atoms with E-state index in [0.29, 0.717) is 18.2 Å². The molecular formula is C14H24N4O. The molecule has 1 atom stereocenters. The fourth-order valence-corrected chi connectivity index (χ4v) is 2.81. The lowest BCUT2D eigenvalue weighted by Crippen LogP contribution is -2.46. The first-order valence-corrected chi connectivity index (χ1v) is 7.29. The summed E-state index contributed by atoms with van der Waals surface area (Å²) in [6.07, 6.45) is 6.99. The molecule has 0 aliphatic heterocycles. The minimum absolute atomic E-state index is 0.0783. The normalized spacial score (nSPS) is 18.2.